The van der Waals surface area contributed by atoms with Crippen LogP contribution >= 0.6 is 0 Å². The van der Waals surface area contributed by atoms with Gasteiger partial charge in [0.05, 0.1) is 78.3 Å². The molecule has 0 aliphatic heterocycles. The minimum atomic E-state index is 0.684. The van der Waals surface area contributed by atoms with Crippen LogP contribution in [0, 0.1) is 0 Å². The van der Waals surface area contributed by atoms with Gasteiger partial charge in [-0.05, 0) is 150 Å². The summed E-state index contributed by atoms with van der Waals surface area (Å²) in [5.41, 5.74) is 28.0. The summed E-state index contributed by atoms with van der Waals surface area (Å²) in [6.07, 6.45) is 0. The molecule has 0 bridgehead atoms. The third kappa shape index (κ3) is 12.6. The van der Waals surface area contributed by atoms with Gasteiger partial charge in [-0.1, -0.05) is 297 Å². The summed E-state index contributed by atoms with van der Waals surface area (Å²) >= 11 is 0. The highest BCUT2D eigenvalue weighted by Crippen LogP contribution is 2.44. The van der Waals surface area contributed by atoms with Gasteiger partial charge in [0.1, 0.15) is 0 Å². The van der Waals surface area contributed by atoms with Gasteiger partial charge >= 0.3 is 0 Å². The van der Waals surface area contributed by atoms with Gasteiger partial charge in [-0.3, -0.25) is 0 Å². The number of benzene rings is 17. The van der Waals surface area contributed by atoms with E-state index in [1.165, 1.54) is 64.9 Å². The van der Waals surface area contributed by atoms with Crippen LogP contribution in [0.15, 0.2) is 437 Å². The Hall–Kier alpha value is -16.6. The standard InChI is InChI=1S/C62H40N6.C50H32N4/c1-5-17-41(18-6-1)53-38-54(42-19-7-2-8-20-42)64-61(63-53)45-29-33-47(34-30-45)67-57-27-15-13-25-49(57)51-37-52-50-26-14-16-28-58(50)68(60(52)40-59(51)67)48-35-31-46(32-36-48)62-65-55(43-21-9-3-10-22-43)39-56(66-62)44-23-11-4-12-24-44;1-3-15-34(16-4-1)44-31-45(35-17-5-2-6-18-35)52-50(51-44)37-20-13-21-38(29-37)53-46-24-11-9-22-40(46)42-30-43-41-23-10-12-25-47(41)54(49(43)32-48(42)53)39-27-26-33-14-7-8-19-36(33)28-39/h1-40H;1-32H. The predicted octanol–water partition coefficient (Wildman–Crippen LogP) is 28.3. The quantitative estimate of drug-likeness (QED) is 0.114. The molecule has 7 heterocycles. The van der Waals surface area contributed by atoms with Crippen molar-refractivity contribution >= 4 is 98.0 Å². The van der Waals surface area contributed by atoms with Crippen LogP contribution in [0.2, 0.25) is 0 Å². The number of para-hydroxylation sites is 4. The molecule has 0 saturated carbocycles. The smallest absolute Gasteiger partial charge is 0.160 e. The second-order valence-electron chi connectivity index (χ2n) is 30.9. The van der Waals surface area contributed by atoms with Gasteiger partial charge in [0.25, 0.3) is 0 Å². The van der Waals surface area contributed by atoms with E-state index < -0.39 is 0 Å². The fourth-order valence-corrected chi connectivity index (χ4v) is 17.9. The molecule has 24 aromatic rings. The molecule has 570 valence electrons. The zero-order valence-electron chi connectivity index (χ0n) is 66.0. The zero-order chi connectivity index (χ0) is 80.6. The second kappa shape index (κ2) is 29.9. The lowest BCUT2D eigenvalue weighted by Gasteiger charge is -2.13. The molecule has 0 radical (unpaired) electrons. The minimum absolute atomic E-state index is 0.684. The number of hydrogen-bond acceptors (Lipinski definition) is 6. The second-order valence-corrected chi connectivity index (χ2v) is 30.9. The zero-order valence-corrected chi connectivity index (χ0v) is 66.0. The lowest BCUT2D eigenvalue weighted by Crippen LogP contribution is -1.98. The molecular weight excluding hydrogens is 1490 g/mol. The highest BCUT2D eigenvalue weighted by Gasteiger charge is 2.24. The molecule has 10 heteroatoms. The highest BCUT2D eigenvalue weighted by atomic mass is 15.0. The molecule has 0 unspecified atom stereocenters. The molecule has 24 rings (SSSR count). The van der Waals surface area contributed by atoms with Crippen LogP contribution in [-0.2, 0) is 0 Å². The van der Waals surface area contributed by atoms with Crippen LogP contribution in [0.4, 0.5) is 0 Å². The Morgan fingerprint density at radius 3 is 0.713 bits per heavy atom. The van der Waals surface area contributed by atoms with E-state index in [4.69, 9.17) is 29.9 Å². The minimum Gasteiger partial charge on any atom is -0.309 e. The van der Waals surface area contributed by atoms with E-state index in [0.29, 0.717) is 17.5 Å². The Morgan fingerprint density at radius 2 is 0.385 bits per heavy atom. The summed E-state index contributed by atoms with van der Waals surface area (Å²) in [6, 6.07) is 154. The molecule has 122 heavy (non-hydrogen) atoms. The third-order valence-electron chi connectivity index (χ3n) is 23.6. The van der Waals surface area contributed by atoms with Crippen LogP contribution in [0.3, 0.4) is 0 Å². The van der Waals surface area contributed by atoms with Crippen molar-refractivity contribution in [2.45, 2.75) is 0 Å². The van der Waals surface area contributed by atoms with Crippen molar-refractivity contribution in [1.29, 1.82) is 0 Å². The lowest BCUT2D eigenvalue weighted by atomic mass is 10.1. The average Bonchev–Trinajstić information content (AvgIpc) is 1.56. The Balaban J connectivity index is 0.000000145. The first-order valence-electron chi connectivity index (χ1n) is 41.2. The molecule has 10 nitrogen and oxygen atoms in total. The van der Waals surface area contributed by atoms with Crippen molar-refractivity contribution in [3.05, 3.63) is 437 Å². The topological polar surface area (TPSA) is 97.1 Å². The van der Waals surface area contributed by atoms with Gasteiger partial charge in [0.15, 0.2) is 17.5 Å². The molecule has 17 aromatic carbocycles. The molecular formula is C112H72N10. The van der Waals surface area contributed by atoms with E-state index in [0.717, 1.165) is 140 Å². The lowest BCUT2D eigenvalue weighted by molar-refractivity contribution is 1.15. The van der Waals surface area contributed by atoms with Crippen molar-refractivity contribution in [2.75, 3.05) is 0 Å². The molecule has 7 aromatic heterocycles. The van der Waals surface area contributed by atoms with Gasteiger partial charge in [-0.2, -0.15) is 0 Å². The van der Waals surface area contributed by atoms with Crippen LogP contribution in [0.5, 0.6) is 0 Å². The maximum Gasteiger partial charge on any atom is 0.160 e. The van der Waals surface area contributed by atoms with Crippen molar-refractivity contribution in [3.8, 4) is 124 Å². The number of fused-ring (bicyclic) bond motifs is 13. The molecule has 0 spiro atoms. The molecule has 0 fully saturated rings. The number of hydrogen-bond donors (Lipinski definition) is 0. The summed E-state index contributed by atoms with van der Waals surface area (Å²) in [6.45, 7) is 0. The van der Waals surface area contributed by atoms with Gasteiger partial charge in [0, 0.05) is 116 Å². The molecule has 0 aliphatic carbocycles. The van der Waals surface area contributed by atoms with E-state index in [9.17, 15) is 0 Å². The number of rotatable bonds is 13. The first-order valence-corrected chi connectivity index (χ1v) is 41.2. The maximum atomic E-state index is 5.15. The molecule has 0 saturated heterocycles. The Morgan fingerprint density at radius 1 is 0.131 bits per heavy atom. The van der Waals surface area contributed by atoms with Crippen molar-refractivity contribution in [2.24, 2.45) is 0 Å². The maximum absolute atomic E-state index is 5.15. The van der Waals surface area contributed by atoms with Crippen molar-refractivity contribution < 1.29 is 0 Å². The fraction of sp³-hybridized carbons (Fsp3) is 0. The fourth-order valence-electron chi connectivity index (χ4n) is 17.9. The van der Waals surface area contributed by atoms with E-state index in [1.54, 1.807) is 0 Å². The molecule has 0 amide bonds. The van der Waals surface area contributed by atoms with Crippen LogP contribution in [0.25, 0.3) is 222 Å². The van der Waals surface area contributed by atoms with Gasteiger partial charge < -0.3 is 18.3 Å². The summed E-state index contributed by atoms with van der Waals surface area (Å²) in [4.78, 5) is 30.8. The Labute approximate surface area is 702 Å². The van der Waals surface area contributed by atoms with Crippen molar-refractivity contribution in [3.63, 3.8) is 0 Å². The van der Waals surface area contributed by atoms with Gasteiger partial charge in [-0.25, -0.2) is 29.9 Å². The van der Waals surface area contributed by atoms with Crippen LogP contribution in [-0.4, -0.2) is 48.2 Å². The van der Waals surface area contributed by atoms with E-state index in [2.05, 4.69) is 370 Å². The van der Waals surface area contributed by atoms with Gasteiger partial charge in [0.2, 0.25) is 0 Å². The SMILES string of the molecule is c1ccc(-c2cc(-c3ccccc3)nc(-c3ccc(-n4c5ccccc5c5cc6c7ccccc7n(-c7ccc(-c8nc(-c9ccccc9)cc(-c9ccccc9)n8)cc7)c6cc54)cc3)n2)cc1.c1ccc(-c2cc(-c3ccccc3)nc(-c3cccc(-n4c5ccccc5c5cc6c7ccccc7n(-c7ccc8ccccc8c7)c6cc54)c3)n2)cc1. The molecule has 0 aliphatic rings. The van der Waals surface area contributed by atoms with Crippen LogP contribution < -0.4 is 0 Å². The van der Waals surface area contributed by atoms with Gasteiger partial charge in [-0.15, -0.1) is 0 Å². The highest BCUT2D eigenvalue weighted by molar-refractivity contribution is 6.21. The third-order valence-corrected chi connectivity index (χ3v) is 23.6. The predicted molar refractivity (Wildman–Crippen MR) is 503 cm³/mol. The Kier molecular flexibility index (Phi) is 17.3. The summed E-state index contributed by atoms with van der Waals surface area (Å²) in [5, 5.41) is 12.2. The average molecular weight is 1560 g/mol. The van der Waals surface area contributed by atoms with Crippen molar-refractivity contribution in [1.82, 2.24) is 48.2 Å². The largest absolute Gasteiger partial charge is 0.309 e. The summed E-state index contributed by atoms with van der Waals surface area (Å²) in [7, 11) is 0. The number of aromatic nitrogens is 10. The first kappa shape index (κ1) is 70.8. The number of nitrogens with zero attached hydrogens (tertiary/aromatic N) is 10. The van der Waals surface area contributed by atoms with Crippen LogP contribution in [0.1, 0.15) is 0 Å². The summed E-state index contributed by atoms with van der Waals surface area (Å²) < 4.78 is 9.59. The van der Waals surface area contributed by atoms with E-state index in [-0.39, 0.29) is 0 Å². The molecule has 0 N–H and O–H groups in total. The first-order chi connectivity index (χ1) is 60.5. The van der Waals surface area contributed by atoms with E-state index in [1.807, 2.05) is 84.9 Å². The molecule has 0 atom stereocenters. The Bertz CT molecular complexity index is 7710. The summed E-state index contributed by atoms with van der Waals surface area (Å²) in [5.74, 6) is 2.06. The van der Waals surface area contributed by atoms with E-state index >= 15 is 0 Å². The normalized spacial score (nSPS) is 11.6. The monoisotopic (exact) mass is 1560 g/mol.